The Kier molecular flexibility index (Phi) is 16.1. The Morgan fingerprint density at radius 2 is 1.54 bits per heavy atom. The summed E-state index contributed by atoms with van der Waals surface area (Å²) in [6, 6.07) is 17.1. The molecule has 3 aromatic rings. The summed E-state index contributed by atoms with van der Waals surface area (Å²) in [6.45, 7) is 10.2. The lowest BCUT2D eigenvalue weighted by Gasteiger charge is -2.53. The van der Waals surface area contributed by atoms with Crippen molar-refractivity contribution in [3.05, 3.63) is 99.0 Å². The van der Waals surface area contributed by atoms with Crippen LogP contribution in [0.4, 0.5) is 5.69 Å². The number of imide groups is 2. The molecule has 15 nitrogen and oxygen atoms in total. The number of nitrogens with one attached hydrogen (secondary N) is 3. The van der Waals surface area contributed by atoms with Gasteiger partial charge in [0.2, 0.25) is 23.6 Å². The summed E-state index contributed by atoms with van der Waals surface area (Å²) in [4.78, 5) is 81.9. The van der Waals surface area contributed by atoms with Crippen molar-refractivity contribution in [1.82, 2.24) is 20.4 Å². The van der Waals surface area contributed by atoms with Gasteiger partial charge in [-0.15, -0.1) is 0 Å². The number of sulfone groups is 1. The molecule has 2 saturated heterocycles. The molecule has 2 unspecified atom stereocenters. The monoisotopic (exact) mass is 953 g/mol. The van der Waals surface area contributed by atoms with E-state index in [9.17, 15) is 32.4 Å². The molecule has 0 saturated carbocycles. The maximum atomic E-state index is 15.1. The zero-order chi connectivity index (χ0) is 47.2. The number of likely N-dealkylation sites (tertiary alicyclic amines) is 1. The number of carbonyl (C=O) groups is 6. The Hall–Kier alpha value is -4.87. The van der Waals surface area contributed by atoms with Crippen molar-refractivity contribution in [3.8, 4) is 0 Å². The van der Waals surface area contributed by atoms with E-state index in [1.54, 1.807) is 56.0 Å². The molecular formula is C47H57Cl2N5O10S. The van der Waals surface area contributed by atoms with E-state index in [-0.39, 0.29) is 99.2 Å². The van der Waals surface area contributed by atoms with Crippen molar-refractivity contribution in [1.29, 1.82) is 0 Å². The van der Waals surface area contributed by atoms with Gasteiger partial charge in [-0.25, -0.2) is 8.42 Å². The highest BCUT2D eigenvalue weighted by Crippen LogP contribution is 2.52. The summed E-state index contributed by atoms with van der Waals surface area (Å²) in [5.41, 5.74) is 1.18. The van der Waals surface area contributed by atoms with E-state index in [0.29, 0.717) is 22.3 Å². The van der Waals surface area contributed by atoms with Crippen LogP contribution in [0.2, 0.25) is 10.0 Å². The topological polar surface area (TPSA) is 198 Å². The molecule has 3 heterocycles. The average molecular weight is 955 g/mol. The number of rotatable bonds is 20. The Labute approximate surface area is 390 Å². The van der Waals surface area contributed by atoms with Crippen LogP contribution in [0.25, 0.3) is 0 Å². The number of ether oxygens (including phenoxy) is 2. The van der Waals surface area contributed by atoms with Gasteiger partial charge in [-0.1, -0.05) is 74.3 Å². The van der Waals surface area contributed by atoms with Crippen LogP contribution in [0, 0.1) is 11.3 Å². The van der Waals surface area contributed by atoms with Gasteiger partial charge in [0.25, 0.3) is 11.8 Å². The van der Waals surface area contributed by atoms with Crippen LogP contribution in [0.3, 0.4) is 0 Å². The second-order valence-electron chi connectivity index (χ2n) is 17.7. The SMILES string of the molecule is CC(C)C(CS(=O)(=O)C(C)C)N1C(=O)[C@@](C)(CC(=O)NCCOCCOCCNc2cccc3c2C(=O)N(C2CCC(=O)NC2=O)C3=O)C[C@H](c2cccc(Cl)c2)[C@H]1c1ccc(Cl)cc1. The molecule has 3 aromatic carbocycles. The fourth-order valence-corrected chi connectivity index (χ4v) is 10.6. The first-order valence-electron chi connectivity index (χ1n) is 21.9. The van der Waals surface area contributed by atoms with E-state index in [1.807, 2.05) is 44.2 Å². The van der Waals surface area contributed by atoms with Gasteiger partial charge in [-0.05, 0) is 80.1 Å². The van der Waals surface area contributed by atoms with Crippen LogP contribution in [-0.2, 0) is 38.5 Å². The van der Waals surface area contributed by atoms with E-state index in [2.05, 4.69) is 16.0 Å². The number of hydrogen-bond donors (Lipinski definition) is 3. The van der Waals surface area contributed by atoms with Crippen molar-refractivity contribution < 1.29 is 46.7 Å². The van der Waals surface area contributed by atoms with Crippen LogP contribution < -0.4 is 16.0 Å². The first-order chi connectivity index (χ1) is 30.8. The molecule has 3 aliphatic heterocycles. The lowest BCUT2D eigenvalue weighted by molar-refractivity contribution is -0.158. The van der Waals surface area contributed by atoms with Crippen LogP contribution in [0.5, 0.6) is 0 Å². The lowest BCUT2D eigenvalue weighted by Crippen LogP contribution is -2.59. The molecule has 18 heteroatoms. The molecule has 350 valence electrons. The second kappa shape index (κ2) is 21.2. The van der Waals surface area contributed by atoms with Crippen molar-refractivity contribution in [2.45, 2.75) is 89.6 Å². The van der Waals surface area contributed by atoms with Gasteiger partial charge >= 0.3 is 0 Å². The van der Waals surface area contributed by atoms with Gasteiger partial charge in [0, 0.05) is 53.6 Å². The Bertz CT molecular complexity index is 2400. The van der Waals surface area contributed by atoms with Gasteiger partial charge in [-0.3, -0.25) is 39.0 Å². The average Bonchev–Trinajstić information content (AvgIpc) is 3.50. The van der Waals surface area contributed by atoms with E-state index in [0.717, 1.165) is 16.0 Å². The first kappa shape index (κ1) is 49.6. The molecular weight excluding hydrogens is 898 g/mol. The Morgan fingerprint density at radius 1 is 0.862 bits per heavy atom. The smallest absolute Gasteiger partial charge is 0.264 e. The van der Waals surface area contributed by atoms with Gasteiger partial charge < -0.3 is 25.0 Å². The number of benzene rings is 3. The predicted molar refractivity (Wildman–Crippen MR) is 246 cm³/mol. The normalized spacial score (nSPS) is 21.8. The summed E-state index contributed by atoms with van der Waals surface area (Å²) >= 11 is 12.9. The molecule has 0 bridgehead atoms. The predicted octanol–water partition coefficient (Wildman–Crippen LogP) is 5.96. The third kappa shape index (κ3) is 11.4. The maximum Gasteiger partial charge on any atom is 0.264 e. The summed E-state index contributed by atoms with van der Waals surface area (Å²) in [5.74, 6) is -3.84. The fourth-order valence-electron chi connectivity index (χ4n) is 8.86. The zero-order valence-corrected chi connectivity index (χ0v) is 39.6. The molecule has 3 N–H and O–H groups in total. The highest BCUT2D eigenvalue weighted by Gasteiger charge is 2.53. The molecule has 65 heavy (non-hydrogen) atoms. The second-order valence-corrected chi connectivity index (χ2v) is 21.2. The number of piperidine rings is 2. The number of carbonyl (C=O) groups excluding carboxylic acids is 6. The largest absolute Gasteiger partial charge is 0.382 e. The standard InChI is InChI=1S/C47H57Cl2N5O10S/c1-28(2)38(27-65(61,62)29(3)4)53-42(30-12-14-32(48)15-13-30)35(31-8-6-9-33(49)24-31)25-47(5,46(53)60)26-40(56)51-19-21-64-23-22-63-20-18-50-36-11-7-10-34-41(36)45(59)54(44(34)58)37-16-17-39(55)52-43(37)57/h6-15,24,28-29,35,37-38,42,50H,16-23,25-27H2,1-5H3,(H,51,56)(H,52,55,57)/t35-,37?,38?,42-,47-/m1/s1. The molecule has 0 aromatic heterocycles. The Morgan fingerprint density at radius 3 is 2.18 bits per heavy atom. The van der Waals surface area contributed by atoms with Gasteiger partial charge in [0.05, 0.1) is 60.0 Å². The summed E-state index contributed by atoms with van der Waals surface area (Å²) in [7, 11) is -3.61. The molecule has 6 rings (SSSR count). The van der Waals surface area contributed by atoms with E-state index < -0.39 is 62.3 Å². The molecule has 0 radical (unpaired) electrons. The van der Waals surface area contributed by atoms with Crippen molar-refractivity contribution in [2.24, 2.45) is 11.3 Å². The van der Waals surface area contributed by atoms with Gasteiger partial charge in [-0.2, -0.15) is 0 Å². The molecule has 3 aliphatic rings. The molecule has 0 spiro atoms. The molecule has 0 aliphatic carbocycles. The van der Waals surface area contributed by atoms with Crippen LogP contribution in [0.15, 0.2) is 66.7 Å². The van der Waals surface area contributed by atoms with Gasteiger partial charge in [0.1, 0.15) is 6.04 Å². The minimum Gasteiger partial charge on any atom is -0.382 e. The summed E-state index contributed by atoms with van der Waals surface area (Å²) < 4.78 is 38.5. The number of amides is 6. The molecule has 6 amide bonds. The molecule has 2 fully saturated rings. The fraction of sp³-hybridized carbons (Fsp3) is 0.489. The van der Waals surface area contributed by atoms with Crippen LogP contribution >= 0.6 is 23.2 Å². The van der Waals surface area contributed by atoms with Gasteiger partial charge in [0.15, 0.2) is 9.84 Å². The summed E-state index contributed by atoms with van der Waals surface area (Å²) in [6.07, 6.45) is 0.232. The number of fused-ring (bicyclic) bond motifs is 1. The quantitative estimate of drug-likeness (QED) is 0.0893. The highest BCUT2D eigenvalue weighted by molar-refractivity contribution is 7.92. The maximum absolute atomic E-state index is 15.1. The van der Waals surface area contributed by atoms with E-state index in [4.69, 9.17) is 32.7 Å². The minimum absolute atomic E-state index is 0.0293. The van der Waals surface area contributed by atoms with Crippen molar-refractivity contribution >= 4 is 74.2 Å². The van der Waals surface area contributed by atoms with Crippen molar-refractivity contribution in [3.63, 3.8) is 0 Å². The number of hydrogen-bond acceptors (Lipinski definition) is 11. The minimum atomic E-state index is -3.61. The third-order valence-electron chi connectivity index (χ3n) is 12.4. The van der Waals surface area contributed by atoms with Crippen molar-refractivity contribution in [2.75, 3.05) is 50.6 Å². The lowest BCUT2D eigenvalue weighted by atomic mass is 9.66. The third-order valence-corrected chi connectivity index (χ3v) is 15.1. The molecule has 5 atom stereocenters. The zero-order valence-electron chi connectivity index (χ0n) is 37.2. The number of anilines is 1. The van der Waals surface area contributed by atoms with Crippen LogP contribution in [-0.4, -0.2) is 116 Å². The number of halogens is 2. The van der Waals surface area contributed by atoms with E-state index >= 15 is 4.79 Å². The Balaban J connectivity index is 1.03. The summed E-state index contributed by atoms with van der Waals surface area (Å²) in [5, 5.41) is 8.57. The highest BCUT2D eigenvalue weighted by atomic mass is 35.5. The first-order valence-corrected chi connectivity index (χ1v) is 24.4. The van der Waals surface area contributed by atoms with E-state index in [1.165, 1.54) is 6.07 Å². The number of nitrogens with zero attached hydrogens (tertiary/aromatic N) is 2. The van der Waals surface area contributed by atoms with Crippen LogP contribution in [0.1, 0.15) is 104 Å².